The van der Waals surface area contributed by atoms with Gasteiger partial charge in [-0.15, -0.1) is 6.58 Å². The first-order valence-electron chi connectivity index (χ1n) is 6.96. The third kappa shape index (κ3) is 4.86. The van der Waals surface area contributed by atoms with Crippen LogP contribution in [0.5, 0.6) is 0 Å². The number of nitrogens with zero attached hydrogens (tertiary/aromatic N) is 3. The van der Waals surface area contributed by atoms with Crippen LogP contribution in [-0.4, -0.2) is 29.5 Å². The fourth-order valence-corrected chi connectivity index (χ4v) is 1.99. The molecule has 0 aromatic rings. The van der Waals surface area contributed by atoms with Crippen molar-refractivity contribution in [1.82, 2.24) is 4.90 Å². The van der Waals surface area contributed by atoms with Crippen LogP contribution in [0.15, 0.2) is 46.2 Å². The first kappa shape index (κ1) is 15.4. The number of hydrogen-bond donors (Lipinski definition) is 0. The van der Waals surface area contributed by atoms with Crippen molar-refractivity contribution in [2.75, 3.05) is 13.1 Å². The number of aliphatic imine (C=N–C) groups is 2. The van der Waals surface area contributed by atoms with E-state index in [1.165, 1.54) is 5.57 Å². The second-order valence-electron chi connectivity index (χ2n) is 4.75. The average molecular weight is 259 g/mol. The molecule has 0 aromatic heterocycles. The van der Waals surface area contributed by atoms with Gasteiger partial charge in [-0.3, -0.25) is 0 Å². The summed E-state index contributed by atoms with van der Waals surface area (Å²) in [5.41, 5.74) is 3.36. The minimum Gasteiger partial charge on any atom is -0.372 e. The lowest BCUT2D eigenvalue weighted by molar-refractivity contribution is 0.427. The summed E-state index contributed by atoms with van der Waals surface area (Å²) in [6.45, 7) is 14.2. The molecule has 0 aromatic carbocycles. The van der Waals surface area contributed by atoms with E-state index in [1.54, 1.807) is 0 Å². The fourth-order valence-electron chi connectivity index (χ4n) is 1.99. The molecule has 19 heavy (non-hydrogen) atoms. The van der Waals surface area contributed by atoms with Crippen molar-refractivity contribution in [1.29, 1.82) is 0 Å². The first-order valence-corrected chi connectivity index (χ1v) is 6.96. The molecule has 0 atom stereocenters. The Morgan fingerprint density at radius 2 is 2.05 bits per heavy atom. The molecule has 0 saturated carbocycles. The number of rotatable bonds is 7. The van der Waals surface area contributed by atoms with Crippen LogP contribution in [0.1, 0.15) is 40.5 Å². The Morgan fingerprint density at radius 1 is 1.32 bits per heavy atom. The lowest BCUT2D eigenvalue weighted by Gasteiger charge is -2.19. The molecule has 1 aliphatic heterocycles. The van der Waals surface area contributed by atoms with E-state index in [1.807, 2.05) is 13.0 Å². The number of amidine groups is 1. The summed E-state index contributed by atoms with van der Waals surface area (Å²) < 4.78 is 0. The molecule has 0 saturated heterocycles. The molecule has 0 spiro atoms. The molecular weight excluding hydrogens is 234 g/mol. The molecule has 1 heterocycles. The van der Waals surface area contributed by atoms with Crippen molar-refractivity contribution < 1.29 is 0 Å². The zero-order valence-corrected chi connectivity index (χ0v) is 12.6. The standard InChI is InChI=1S/C16H25N3/c1-6-9-13(4)11-19(8-3)12-15-14(5)17-16(18-15)10-7-2/h7,9,12H,2,6,8,10-11H2,1,3-5H3/b13-9+,15-12+. The molecule has 0 amide bonds. The molecule has 3 heteroatoms. The normalized spacial score (nSPS) is 17.5. The van der Waals surface area contributed by atoms with Crippen molar-refractivity contribution in [2.45, 2.75) is 40.5 Å². The van der Waals surface area contributed by atoms with Gasteiger partial charge in [0.05, 0.1) is 5.71 Å². The van der Waals surface area contributed by atoms with Crippen LogP contribution < -0.4 is 0 Å². The highest BCUT2D eigenvalue weighted by Crippen LogP contribution is 2.14. The van der Waals surface area contributed by atoms with Gasteiger partial charge in [0.15, 0.2) is 0 Å². The Morgan fingerprint density at radius 3 is 2.63 bits per heavy atom. The van der Waals surface area contributed by atoms with E-state index in [2.05, 4.69) is 54.5 Å². The zero-order chi connectivity index (χ0) is 14.3. The molecule has 0 aliphatic carbocycles. The molecule has 0 bridgehead atoms. The molecule has 1 rings (SSSR count). The summed E-state index contributed by atoms with van der Waals surface area (Å²) in [7, 11) is 0. The van der Waals surface area contributed by atoms with Crippen LogP contribution >= 0.6 is 0 Å². The highest BCUT2D eigenvalue weighted by molar-refractivity contribution is 6.12. The Hall–Kier alpha value is -1.64. The largest absolute Gasteiger partial charge is 0.372 e. The van der Waals surface area contributed by atoms with Gasteiger partial charge >= 0.3 is 0 Å². The van der Waals surface area contributed by atoms with Crippen molar-refractivity contribution >= 4 is 11.5 Å². The number of allylic oxidation sites excluding steroid dienone is 2. The van der Waals surface area contributed by atoms with Gasteiger partial charge in [0.25, 0.3) is 0 Å². The third-order valence-corrected chi connectivity index (χ3v) is 2.96. The zero-order valence-electron chi connectivity index (χ0n) is 12.6. The van der Waals surface area contributed by atoms with Crippen LogP contribution in [-0.2, 0) is 0 Å². The highest BCUT2D eigenvalue weighted by atomic mass is 15.1. The molecule has 0 radical (unpaired) electrons. The van der Waals surface area contributed by atoms with E-state index in [0.717, 1.165) is 43.2 Å². The smallest absolute Gasteiger partial charge is 0.133 e. The number of likely N-dealkylation sites (N-methyl/N-ethyl adjacent to an activating group) is 1. The first-order chi connectivity index (χ1) is 9.10. The van der Waals surface area contributed by atoms with Crippen LogP contribution in [0.3, 0.4) is 0 Å². The maximum absolute atomic E-state index is 4.54. The van der Waals surface area contributed by atoms with E-state index in [9.17, 15) is 0 Å². The maximum atomic E-state index is 4.54. The Kier molecular flexibility index (Phi) is 6.26. The van der Waals surface area contributed by atoms with Crippen molar-refractivity contribution in [2.24, 2.45) is 9.98 Å². The van der Waals surface area contributed by atoms with Crippen LogP contribution in [0, 0.1) is 0 Å². The maximum Gasteiger partial charge on any atom is 0.133 e. The minimum absolute atomic E-state index is 0.732. The van der Waals surface area contributed by atoms with Gasteiger partial charge in [-0.1, -0.05) is 24.6 Å². The molecule has 104 valence electrons. The molecule has 0 fully saturated rings. The molecule has 3 nitrogen and oxygen atoms in total. The Balaban J connectivity index is 2.79. The van der Waals surface area contributed by atoms with E-state index in [-0.39, 0.29) is 0 Å². The van der Waals surface area contributed by atoms with E-state index in [0.29, 0.717) is 0 Å². The van der Waals surface area contributed by atoms with Gasteiger partial charge < -0.3 is 4.90 Å². The van der Waals surface area contributed by atoms with Crippen LogP contribution in [0.2, 0.25) is 0 Å². The summed E-state index contributed by atoms with van der Waals surface area (Å²) in [6, 6.07) is 0. The summed E-state index contributed by atoms with van der Waals surface area (Å²) >= 11 is 0. The summed E-state index contributed by atoms with van der Waals surface area (Å²) in [4.78, 5) is 11.3. The van der Waals surface area contributed by atoms with Gasteiger partial charge in [-0.25, -0.2) is 9.98 Å². The predicted octanol–water partition coefficient (Wildman–Crippen LogP) is 3.96. The minimum atomic E-state index is 0.732. The van der Waals surface area contributed by atoms with Crippen molar-refractivity contribution in [3.05, 3.63) is 36.2 Å². The third-order valence-electron chi connectivity index (χ3n) is 2.96. The summed E-state index contributed by atoms with van der Waals surface area (Å²) in [5.74, 6) is 0.857. The van der Waals surface area contributed by atoms with Gasteiger partial charge in [0.1, 0.15) is 11.5 Å². The summed E-state index contributed by atoms with van der Waals surface area (Å²) in [6.07, 6.45) is 8.03. The molecule has 1 aliphatic rings. The average Bonchev–Trinajstić information content (AvgIpc) is 2.69. The van der Waals surface area contributed by atoms with Crippen molar-refractivity contribution in [3.8, 4) is 0 Å². The van der Waals surface area contributed by atoms with Gasteiger partial charge in [-0.2, -0.15) is 0 Å². The van der Waals surface area contributed by atoms with Crippen LogP contribution in [0.4, 0.5) is 0 Å². The summed E-state index contributed by atoms with van der Waals surface area (Å²) in [5, 5.41) is 0. The molecular formula is C16H25N3. The lowest BCUT2D eigenvalue weighted by atomic mass is 10.2. The van der Waals surface area contributed by atoms with E-state index >= 15 is 0 Å². The quantitative estimate of drug-likeness (QED) is 0.636. The van der Waals surface area contributed by atoms with E-state index < -0.39 is 0 Å². The van der Waals surface area contributed by atoms with Gasteiger partial charge in [-0.05, 0) is 27.2 Å². The van der Waals surface area contributed by atoms with Gasteiger partial charge in [0, 0.05) is 25.7 Å². The van der Waals surface area contributed by atoms with E-state index in [4.69, 9.17) is 0 Å². The topological polar surface area (TPSA) is 28.0 Å². The fraction of sp³-hybridized carbons (Fsp3) is 0.500. The molecule has 0 unspecified atom stereocenters. The Bertz CT molecular complexity index is 439. The molecule has 0 N–H and O–H groups in total. The highest BCUT2D eigenvalue weighted by Gasteiger charge is 2.12. The lowest BCUT2D eigenvalue weighted by Crippen LogP contribution is -2.20. The van der Waals surface area contributed by atoms with Crippen molar-refractivity contribution in [3.63, 3.8) is 0 Å². The SMILES string of the molecule is C=CCC1=N/C(=C/N(CC)C/C(C)=C/CC)C(C)=N1. The van der Waals surface area contributed by atoms with Gasteiger partial charge in [0.2, 0.25) is 0 Å². The monoisotopic (exact) mass is 259 g/mol. The Labute approximate surface area is 117 Å². The number of hydrogen-bond acceptors (Lipinski definition) is 3. The predicted molar refractivity (Wildman–Crippen MR) is 84.7 cm³/mol. The second kappa shape index (κ2) is 7.72. The second-order valence-corrected chi connectivity index (χ2v) is 4.75. The van der Waals surface area contributed by atoms with Crippen LogP contribution in [0.25, 0.3) is 0 Å².